The van der Waals surface area contributed by atoms with Crippen LogP contribution < -0.4 is 5.32 Å². The summed E-state index contributed by atoms with van der Waals surface area (Å²) in [5.41, 5.74) is 0.955. The van der Waals surface area contributed by atoms with Crippen LogP contribution in [0.1, 0.15) is 45.7 Å². The number of amides is 1. The van der Waals surface area contributed by atoms with Crippen LogP contribution in [-0.4, -0.2) is 59.3 Å². The summed E-state index contributed by atoms with van der Waals surface area (Å²) in [6.45, 7) is 9.34. The summed E-state index contributed by atoms with van der Waals surface area (Å²) in [6.07, 6.45) is 2.12. The summed E-state index contributed by atoms with van der Waals surface area (Å²) >= 11 is 1.46. The molecule has 3 heterocycles. The molecule has 2 aliphatic rings. The number of hydrogen-bond acceptors (Lipinski definition) is 6. The minimum absolute atomic E-state index is 0.0296. The summed E-state index contributed by atoms with van der Waals surface area (Å²) in [4.78, 5) is 19.4. The number of carbonyl (C=O) groups excluding carboxylic acids is 1. The van der Waals surface area contributed by atoms with Gasteiger partial charge in [0.25, 0.3) is 0 Å². The van der Waals surface area contributed by atoms with E-state index in [1.807, 2.05) is 5.38 Å². The Kier molecular flexibility index (Phi) is 5.78. The van der Waals surface area contributed by atoms with E-state index >= 15 is 0 Å². The third-order valence-electron chi connectivity index (χ3n) is 5.02. The van der Waals surface area contributed by atoms with Crippen molar-refractivity contribution in [3.8, 4) is 0 Å². The van der Waals surface area contributed by atoms with Crippen LogP contribution in [0.3, 0.4) is 0 Å². The molecule has 0 spiro atoms. The van der Waals surface area contributed by atoms with Gasteiger partial charge in [0.15, 0.2) is 5.13 Å². The van der Waals surface area contributed by atoms with Crippen molar-refractivity contribution in [3.05, 3.63) is 11.1 Å². The van der Waals surface area contributed by atoms with Crippen molar-refractivity contribution in [2.24, 2.45) is 5.92 Å². The standard InChI is InChI=1S/C18H29N3O3S/c1-18(2,3)15-11-25-17(19-15)20-16(23)14-8-13(22)10-21(14)9-12-4-6-24-7-5-12/h11-14,22H,4-10H2,1-3H3,(H,19,20,23)/t13-,14-/m0/s1. The fourth-order valence-electron chi connectivity index (χ4n) is 3.48. The van der Waals surface area contributed by atoms with Crippen LogP contribution in [0, 0.1) is 5.92 Å². The van der Waals surface area contributed by atoms with Crippen LogP contribution >= 0.6 is 11.3 Å². The van der Waals surface area contributed by atoms with Gasteiger partial charge in [-0.15, -0.1) is 11.3 Å². The number of aliphatic hydroxyl groups is 1. The van der Waals surface area contributed by atoms with Gasteiger partial charge in [0.2, 0.25) is 5.91 Å². The van der Waals surface area contributed by atoms with Crippen LogP contribution in [0.15, 0.2) is 5.38 Å². The van der Waals surface area contributed by atoms with E-state index in [1.54, 1.807) is 0 Å². The second kappa shape index (κ2) is 7.70. The molecule has 7 heteroatoms. The van der Waals surface area contributed by atoms with E-state index in [-0.39, 0.29) is 17.4 Å². The number of nitrogens with one attached hydrogen (secondary N) is 1. The largest absolute Gasteiger partial charge is 0.392 e. The van der Waals surface area contributed by atoms with Gasteiger partial charge in [0.1, 0.15) is 0 Å². The lowest BCUT2D eigenvalue weighted by Gasteiger charge is -2.30. The van der Waals surface area contributed by atoms with Crippen molar-refractivity contribution < 1.29 is 14.6 Å². The highest BCUT2D eigenvalue weighted by molar-refractivity contribution is 7.14. The lowest BCUT2D eigenvalue weighted by atomic mass is 9.93. The van der Waals surface area contributed by atoms with Crippen molar-refractivity contribution in [2.75, 3.05) is 31.6 Å². The predicted molar refractivity (Wildman–Crippen MR) is 99.0 cm³/mol. The van der Waals surface area contributed by atoms with Gasteiger partial charge in [-0.2, -0.15) is 0 Å². The molecular weight excluding hydrogens is 338 g/mol. The molecule has 2 aliphatic heterocycles. The molecule has 0 saturated carbocycles. The Hall–Kier alpha value is -1.02. The Bertz CT molecular complexity index is 593. The fourth-order valence-corrected chi connectivity index (χ4v) is 4.42. The minimum Gasteiger partial charge on any atom is -0.392 e. The van der Waals surface area contributed by atoms with E-state index in [0.29, 0.717) is 24.0 Å². The lowest BCUT2D eigenvalue weighted by Crippen LogP contribution is -2.42. The first-order valence-electron chi connectivity index (χ1n) is 9.09. The molecule has 6 nitrogen and oxygen atoms in total. The number of nitrogens with zero attached hydrogens (tertiary/aromatic N) is 2. The van der Waals surface area contributed by atoms with Crippen LogP contribution in [0.2, 0.25) is 0 Å². The molecule has 0 bridgehead atoms. The molecule has 1 aromatic heterocycles. The monoisotopic (exact) mass is 367 g/mol. The Morgan fingerprint density at radius 1 is 1.44 bits per heavy atom. The third kappa shape index (κ3) is 4.78. The summed E-state index contributed by atoms with van der Waals surface area (Å²) in [7, 11) is 0. The van der Waals surface area contributed by atoms with E-state index in [2.05, 4.69) is 36.0 Å². The smallest absolute Gasteiger partial charge is 0.243 e. The van der Waals surface area contributed by atoms with Gasteiger partial charge >= 0.3 is 0 Å². The number of carbonyl (C=O) groups is 1. The van der Waals surface area contributed by atoms with Crippen LogP contribution in [0.25, 0.3) is 0 Å². The number of β-amino-alcohol motifs (C(OH)–C–C–N with tert-alkyl or cyclic N) is 1. The summed E-state index contributed by atoms with van der Waals surface area (Å²) < 4.78 is 5.41. The first kappa shape index (κ1) is 18.8. The Morgan fingerprint density at radius 2 is 2.16 bits per heavy atom. The Balaban J connectivity index is 1.61. The molecule has 25 heavy (non-hydrogen) atoms. The third-order valence-corrected chi connectivity index (χ3v) is 5.78. The number of rotatable bonds is 4. The zero-order chi connectivity index (χ0) is 18.0. The number of likely N-dealkylation sites (tertiary alicyclic amines) is 1. The molecule has 140 valence electrons. The number of aromatic nitrogens is 1. The lowest BCUT2D eigenvalue weighted by molar-refractivity contribution is -0.120. The van der Waals surface area contributed by atoms with Crippen molar-refractivity contribution in [1.82, 2.24) is 9.88 Å². The zero-order valence-corrected chi connectivity index (χ0v) is 16.1. The molecule has 2 saturated heterocycles. The van der Waals surface area contributed by atoms with Crippen molar-refractivity contribution in [1.29, 1.82) is 0 Å². The van der Waals surface area contributed by atoms with Gasteiger partial charge in [-0.25, -0.2) is 4.98 Å². The SMILES string of the molecule is CC(C)(C)c1csc(NC(=O)[C@@H]2C[C@H](O)CN2CC2CCOCC2)n1. The molecule has 1 amide bonds. The van der Waals surface area contributed by atoms with Crippen LogP contribution in [-0.2, 0) is 14.9 Å². The fraction of sp³-hybridized carbons (Fsp3) is 0.778. The van der Waals surface area contributed by atoms with E-state index in [9.17, 15) is 9.90 Å². The van der Waals surface area contributed by atoms with Crippen LogP contribution in [0.4, 0.5) is 5.13 Å². The molecule has 0 aromatic carbocycles. The number of aliphatic hydroxyl groups excluding tert-OH is 1. The van der Waals surface area contributed by atoms with Gasteiger partial charge < -0.3 is 15.2 Å². The number of hydrogen-bond donors (Lipinski definition) is 2. The van der Waals surface area contributed by atoms with Crippen molar-refractivity contribution in [2.45, 2.75) is 57.6 Å². The van der Waals surface area contributed by atoms with E-state index in [1.165, 1.54) is 11.3 Å². The van der Waals surface area contributed by atoms with Gasteiger partial charge in [-0.1, -0.05) is 20.8 Å². The molecule has 2 N–H and O–H groups in total. The molecule has 0 aliphatic carbocycles. The summed E-state index contributed by atoms with van der Waals surface area (Å²) in [5, 5.41) is 15.7. The average Bonchev–Trinajstić information content (AvgIpc) is 3.15. The van der Waals surface area contributed by atoms with E-state index in [0.717, 1.165) is 38.3 Å². The molecule has 0 radical (unpaired) electrons. The zero-order valence-electron chi connectivity index (χ0n) is 15.3. The number of ether oxygens (including phenoxy) is 1. The van der Waals surface area contributed by atoms with E-state index in [4.69, 9.17) is 4.74 Å². The first-order valence-corrected chi connectivity index (χ1v) is 9.97. The molecule has 0 unspecified atom stereocenters. The molecule has 1 aromatic rings. The van der Waals surface area contributed by atoms with Gasteiger partial charge in [0.05, 0.1) is 17.8 Å². The molecule has 3 rings (SSSR count). The van der Waals surface area contributed by atoms with Gasteiger partial charge in [-0.3, -0.25) is 9.69 Å². The first-order chi connectivity index (χ1) is 11.8. The highest BCUT2D eigenvalue weighted by Gasteiger charge is 2.37. The quantitative estimate of drug-likeness (QED) is 0.854. The second-order valence-corrected chi connectivity index (χ2v) is 9.05. The van der Waals surface area contributed by atoms with Gasteiger partial charge in [-0.05, 0) is 25.2 Å². The minimum atomic E-state index is -0.433. The Labute approximate surface area is 153 Å². The van der Waals surface area contributed by atoms with Crippen molar-refractivity contribution >= 4 is 22.4 Å². The molecule has 2 fully saturated rings. The van der Waals surface area contributed by atoms with E-state index < -0.39 is 6.10 Å². The normalized spacial score (nSPS) is 26.1. The second-order valence-electron chi connectivity index (χ2n) is 8.19. The topological polar surface area (TPSA) is 74.7 Å². The van der Waals surface area contributed by atoms with Crippen LogP contribution in [0.5, 0.6) is 0 Å². The highest BCUT2D eigenvalue weighted by atomic mass is 32.1. The molecule has 2 atom stereocenters. The Morgan fingerprint density at radius 3 is 2.80 bits per heavy atom. The van der Waals surface area contributed by atoms with Gasteiger partial charge in [0, 0.05) is 37.1 Å². The summed E-state index contributed by atoms with van der Waals surface area (Å²) in [5.74, 6) is 0.486. The highest BCUT2D eigenvalue weighted by Crippen LogP contribution is 2.28. The maximum absolute atomic E-state index is 12.7. The maximum Gasteiger partial charge on any atom is 0.243 e. The summed E-state index contributed by atoms with van der Waals surface area (Å²) in [6, 6.07) is -0.278. The number of thiazole rings is 1. The average molecular weight is 368 g/mol. The van der Waals surface area contributed by atoms with Crippen molar-refractivity contribution in [3.63, 3.8) is 0 Å². The predicted octanol–water partition coefficient (Wildman–Crippen LogP) is 2.24. The number of anilines is 1. The maximum atomic E-state index is 12.7. The molecular formula is C18H29N3O3S.